The van der Waals surface area contributed by atoms with Crippen molar-refractivity contribution in [2.75, 3.05) is 0 Å². The maximum absolute atomic E-state index is 12.2. The van der Waals surface area contributed by atoms with Crippen LogP contribution in [-0.4, -0.2) is 29.3 Å². The zero-order chi connectivity index (χ0) is 14.6. The molecule has 0 unspecified atom stereocenters. The Balaban J connectivity index is 2.65. The SMILES string of the molecule is O=C(Cl)c1ncn2c(=O)c3c(C(=O)Cl)ncn3c(=O)c12. The van der Waals surface area contributed by atoms with E-state index in [2.05, 4.69) is 9.97 Å². The van der Waals surface area contributed by atoms with Crippen LogP contribution < -0.4 is 11.1 Å². The van der Waals surface area contributed by atoms with E-state index in [1.54, 1.807) is 0 Å². The number of fused-ring (bicyclic) bond motifs is 2. The van der Waals surface area contributed by atoms with Gasteiger partial charge >= 0.3 is 0 Å². The van der Waals surface area contributed by atoms with Crippen LogP contribution >= 0.6 is 23.2 Å². The van der Waals surface area contributed by atoms with Crippen LogP contribution in [0.15, 0.2) is 22.2 Å². The molecule has 3 heterocycles. The summed E-state index contributed by atoms with van der Waals surface area (Å²) in [6.07, 6.45) is 1.95. The van der Waals surface area contributed by atoms with Gasteiger partial charge in [0.2, 0.25) is 0 Å². The van der Waals surface area contributed by atoms with Crippen molar-refractivity contribution in [3.05, 3.63) is 44.8 Å². The first-order valence-corrected chi connectivity index (χ1v) is 5.82. The molecule has 0 bridgehead atoms. The quantitative estimate of drug-likeness (QED) is 0.612. The Morgan fingerprint density at radius 2 is 1.20 bits per heavy atom. The molecule has 3 rings (SSSR count). The standard InChI is InChI=1S/C10H2Cl2N4O4/c11-7(17)3-5-10(20)16-2-14-4(8(12)18)6(16)9(19)15(5)1-13-3/h1-2H. The molecule has 0 N–H and O–H groups in total. The van der Waals surface area contributed by atoms with E-state index in [4.69, 9.17) is 23.2 Å². The molecule has 3 aromatic rings. The van der Waals surface area contributed by atoms with Crippen LogP contribution in [0.25, 0.3) is 11.0 Å². The number of hydrogen-bond acceptors (Lipinski definition) is 6. The van der Waals surface area contributed by atoms with Crippen molar-refractivity contribution >= 4 is 44.7 Å². The number of aromatic nitrogens is 4. The molecule has 0 aliphatic carbocycles. The van der Waals surface area contributed by atoms with Crippen molar-refractivity contribution in [3.63, 3.8) is 0 Å². The summed E-state index contributed by atoms with van der Waals surface area (Å²) in [5, 5.41) is -1.95. The number of carbonyl (C=O) groups excluding carboxylic acids is 2. The minimum absolute atomic E-state index is 0.284. The first-order valence-electron chi connectivity index (χ1n) is 5.07. The lowest BCUT2D eigenvalue weighted by molar-refractivity contribution is 0.107. The molecule has 0 aliphatic heterocycles. The molecule has 0 atom stereocenters. The summed E-state index contributed by atoms with van der Waals surface area (Å²) in [6.45, 7) is 0. The van der Waals surface area contributed by atoms with Crippen molar-refractivity contribution in [3.8, 4) is 0 Å². The van der Waals surface area contributed by atoms with Gasteiger partial charge in [0.25, 0.3) is 21.6 Å². The second kappa shape index (κ2) is 4.09. The molecule has 8 nitrogen and oxygen atoms in total. The third-order valence-electron chi connectivity index (χ3n) is 2.75. The van der Waals surface area contributed by atoms with Crippen LogP contribution in [0.3, 0.4) is 0 Å². The molecule has 0 saturated heterocycles. The van der Waals surface area contributed by atoms with Gasteiger partial charge in [-0.25, -0.2) is 9.97 Å². The predicted octanol–water partition coefficient (Wildman–Crippen LogP) is -0.102. The minimum atomic E-state index is -0.975. The van der Waals surface area contributed by atoms with E-state index in [1.165, 1.54) is 0 Å². The van der Waals surface area contributed by atoms with Crippen LogP contribution in [-0.2, 0) is 0 Å². The summed E-state index contributed by atoms with van der Waals surface area (Å²) in [4.78, 5) is 54.1. The summed E-state index contributed by atoms with van der Waals surface area (Å²) in [6, 6.07) is 0. The average Bonchev–Trinajstić information content (AvgIpc) is 3.00. The minimum Gasteiger partial charge on any atom is -0.274 e. The van der Waals surface area contributed by atoms with Gasteiger partial charge in [0, 0.05) is 0 Å². The average molecular weight is 313 g/mol. The summed E-state index contributed by atoms with van der Waals surface area (Å²) < 4.78 is 1.66. The predicted molar refractivity (Wildman–Crippen MR) is 68.0 cm³/mol. The fraction of sp³-hybridized carbons (Fsp3) is 0. The van der Waals surface area contributed by atoms with Crippen molar-refractivity contribution in [1.29, 1.82) is 0 Å². The highest BCUT2D eigenvalue weighted by atomic mass is 35.5. The third-order valence-corrected chi connectivity index (χ3v) is 3.11. The van der Waals surface area contributed by atoms with Gasteiger partial charge in [-0.2, -0.15) is 0 Å². The lowest BCUT2D eigenvalue weighted by atomic mass is 10.3. The van der Waals surface area contributed by atoms with E-state index in [9.17, 15) is 19.2 Å². The Kier molecular flexibility index (Phi) is 2.59. The van der Waals surface area contributed by atoms with Gasteiger partial charge in [0.15, 0.2) is 11.4 Å². The summed E-state index contributed by atoms with van der Waals surface area (Å²) in [5.41, 5.74) is -2.76. The molecule has 10 heteroatoms. The molecular formula is C10H2Cl2N4O4. The lowest BCUT2D eigenvalue weighted by Gasteiger charge is -1.96. The zero-order valence-electron chi connectivity index (χ0n) is 9.33. The Morgan fingerprint density at radius 3 is 1.50 bits per heavy atom. The van der Waals surface area contributed by atoms with Gasteiger partial charge in [-0.15, -0.1) is 0 Å². The fourth-order valence-corrected chi connectivity index (χ4v) is 2.21. The van der Waals surface area contributed by atoms with Gasteiger partial charge in [-0.3, -0.25) is 28.0 Å². The van der Waals surface area contributed by atoms with Crippen molar-refractivity contribution < 1.29 is 9.59 Å². The number of carbonyl (C=O) groups is 2. The molecule has 0 aromatic carbocycles. The first kappa shape index (κ1) is 12.7. The largest absolute Gasteiger partial charge is 0.283 e. The van der Waals surface area contributed by atoms with Gasteiger partial charge in [0.05, 0.1) is 0 Å². The molecule has 0 fully saturated rings. The van der Waals surface area contributed by atoms with Crippen LogP contribution in [0.4, 0.5) is 0 Å². The van der Waals surface area contributed by atoms with Crippen LogP contribution in [0.5, 0.6) is 0 Å². The Hall–Kier alpha value is -2.32. The van der Waals surface area contributed by atoms with Gasteiger partial charge in [0.1, 0.15) is 23.7 Å². The van der Waals surface area contributed by atoms with E-state index < -0.39 is 21.6 Å². The molecule has 0 radical (unpaired) electrons. The monoisotopic (exact) mass is 312 g/mol. The number of rotatable bonds is 2. The van der Waals surface area contributed by atoms with E-state index >= 15 is 0 Å². The smallest absolute Gasteiger partial charge is 0.274 e. The number of halogens is 2. The van der Waals surface area contributed by atoms with Crippen LogP contribution in [0.1, 0.15) is 21.0 Å². The first-order chi connectivity index (χ1) is 9.43. The van der Waals surface area contributed by atoms with E-state index in [0.29, 0.717) is 0 Å². The van der Waals surface area contributed by atoms with E-state index in [-0.39, 0.29) is 22.4 Å². The third kappa shape index (κ3) is 1.49. The Labute approximate surface area is 118 Å². The highest BCUT2D eigenvalue weighted by molar-refractivity contribution is 6.68. The highest BCUT2D eigenvalue weighted by Crippen LogP contribution is 2.10. The Bertz CT molecular complexity index is 924. The molecule has 20 heavy (non-hydrogen) atoms. The summed E-state index contributed by atoms with van der Waals surface area (Å²) in [7, 11) is 0. The van der Waals surface area contributed by atoms with E-state index in [0.717, 1.165) is 21.5 Å². The highest BCUT2D eigenvalue weighted by Gasteiger charge is 2.23. The lowest BCUT2D eigenvalue weighted by Crippen LogP contribution is -2.26. The van der Waals surface area contributed by atoms with Gasteiger partial charge in [-0.1, -0.05) is 0 Å². The second-order valence-corrected chi connectivity index (χ2v) is 4.47. The van der Waals surface area contributed by atoms with Crippen molar-refractivity contribution in [1.82, 2.24) is 18.8 Å². The second-order valence-electron chi connectivity index (χ2n) is 3.78. The number of hydrogen-bond donors (Lipinski definition) is 0. The molecule has 0 amide bonds. The molecule has 100 valence electrons. The number of imidazole rings is 2. The molecule has 3 aromatic heterocycles. The fourth-order valence-electron chi connectivity index (χ4n) is 1.93. The van der Waals surface area contributed by atoms with Gasteiger partial charge < -0.3 is 0 Å². The van der Waals surface area contributed by atoms with Crippen LogP contribution in [0.2, 0.25) is 0 Å². The normalized spacial score (nSPS) is 11.3. The summed E-state index contributed by atoms with van der Waals surface area (Å²) >= 11 is 10.6. The van der Waals surface area contributed by atoms with Crippen molar-refractivity contribution in [2.24, 2.45) is 0 Å². The zero-order valence-corrected chi connectivity index (χ0v) is 10.8. The summed E-state index contributed by atoms with van der Waals surface area (Å²) in [5.74, 6) is 0. The molecule has 0 aliphatic rings. The van der Waals surface area contributed by atoms with Gasteiger partial charge in [-0.05, 0) is 23.2 Å². The maximum Gasteiger partial charge on any atom is 0.283 e. The number of nitrogens with zero attached hydrogens (tertiary/aromatic N) is 4. The molecule has 0 saturated carbocycles. The van der Waals surface area contributed by atoms with E-state index in [1.807, 2.05) is 0 Å². The topological polar surface area (TPSA) is 103 Å². The molecule has 0 spiro atoms. The van der Waals surface area contributed by atoms with Crippen LogP contribution in [0, 0.1) is 0 Å². The molecular weight excluding hydrogens is 311 g/mol. The van der Waals surface area contributed by atoms with Crippen molar-refractivity contribution in [2.45, 2.75) is 0 Å². The Morgan fingerprint density at radius 1 is 0.850 bits per heavy atom. The maximum atomic E-state index is 12.2.